The summed E-state index contributed by atoms with van der Waals surface area (Å²) < 4.78 is 11.9. The third-order valence-electron chi connectivity index (χ3n) is 7.92. The smallest absolute Gasteiger partial charge is 0.220 e. The first-order chi connectivity index (χ1) is 18.9. The van der Waals surface area contributed by atoms with E-state index < -0.39 is 0 Å². The van der Waals surface area contributed by atoms with Gasteiger partial charge >= 0.3 is 0 Å². The Bertz CT molecular complexity index is 1130. The Labute approximate surface area is 235 Å². The van der Waals surface area contributed by atoms with Gasteiger partial charge in [-0.3, -0.25) is 4.79 Å². The van der Waals surface area contributed by atoms with E-state index in [-0.39, 0.29) is 17.9 Å². The summed E-state index contributed by atoms with van der Waals surface area (Å²) in [4.78, 5) is 13.3. The van der Waals surface area contributed by atoms with Crippen molar-refractivity contribution in [1.82, 2.24) is 5.32 Å². The largest absolute Gasteiger partial charge is 0.491 e. The standard InChI is InChI=1S/C35H45NO3/c1-25(2)34-23-30(20-22-38-34)32(27-11-7-5-8-12-27)19-21-36-35(37)24-33(28-13-9-6-10-14-28)29-15-17-31(18-16-29)39-26(3)4/h5-18,25-26,30,32-34H,19-24H2,1-4H3,(H,36,37). The van der Waals surface area contributed by atoms with Crippen LogP contribution in [-0.4, -0.2) is 31.3 Å². The molecule has 0 aliphatic carbocycles. The molecule has 1 aliphatic rings. The summed E-state index contributed by atoms with van der Waals surface area (Å²) in [7, 11) is 0. The first-order valence-electron chi connectivity index (χ1n) is 14.7. The zero-order valence-corrected chi connectivity index (χ0v) is 24.0. The van der Waals surface area contributed by atoms with E-state index in [1.807, 2.05) is 44.2 Å². The molecule has 4 heteroatoms. The van der Waals surface area contributed by atoms with Gasteiger partial charge in [-0.05, 0) is 79.7 Å². The Balaban J connectivity index is 1.42. The number of carbonyl (C=O) groups excluding carboxylic acids is 1. The van der Waals surface area contributed by atoms with Crippen molar-refractivity contribution < 1.29 is 14.3 Å². The van der Waals surface area contributed by atoms with E-state index in [4.69, 9.17) is 9.47 Å². The van der Waals surface area contributed by atoms with E-state index in [9.17, 15) is 4.79 Å². The lowest BCUT2D eigenvalue weighted by atomic mass is 9.76. The molecule has 1 heterocycles. The third-order valence-corrected chi connectivity index (χ3v) is 7.92. The van der Waals surface area contributed by atoms with Gasteiger partial charge in [-0.1, -0.05) is 86.6 Å². The lowest BCUT2D eigenvalue weighted by molar-refractivity contribution is -0.121. The highest BCUT2D eigenvalue weighted by atomic mass is 16.5. The quantitative estimate of drug-likeness (QED) is 0.262. The fourth-order valence-electron chi connectivity index (χ4n) is 5.85. The first kappa shape index (κ1) is 28.9. The van der Waals surface area contributed by atoms with Crippen molar-refractivity contribution >= 4 is 5.91 Å². The monoisotopic (exact) mass is 527 g/mol. The van der Waals surface area contributed by atoms with E-state index in [0.29, 0.717) is 36.8 Å². The molecule has 1 amide bonds. The van der Waals surface area contributed by atoms with Crippen molar-refractivity contribution in [3.63, 3.8) is 0 Å². The van der Waals surface area contributed by atoms with Gasteiger partial charge in [0.25, 0.3) is 0 Å². The minimum absolute atomic E-state index is 0.00786. The van der Waals surface area contributed by atoms with Gasteiger partial charge in [0, 0.05) is 25.5 Å². The number of amides is 1. The predicted octanol–water partition coefficient (Wildman–Crippen LogP) is 7.74. The van der Waals surface area contributed by atoms with Gasteiger partial charge < -0.3 is 14.8 Å². The van der Waals surface area contributed by atoms with Crippen molar-refractivity contribution in [3.8, 4) is 5.75 Å². The van der Waals surface area contributed by atoms with Crippen molar-refractivity contribution in [1.29, 1.82) is 0 Å². The van der Waals surface area contributed by atoms with Gasteiger partial charge in [0.15, 0.2) is 0 Å². The number of ether oxygens (including phenoxy) is 2. The number of hydrogen-bond donors (Lipinski definition) is 1. The molecule has 4 rings (SSSR count). The fourth-order valence-corrected chi connectivity index (χ4v) is 5.85. The molecule has 0 saturated carbocycles. The Kier molecular flexibility index (Phi) is 10.6. The van der Waals surface area contributed by atoms with E-state index >= 15 is 0 Å². The highest BCUT2D eigenvalue weighted by molar-refractivity contribution is 5.77. The predicted molar refractivity (Wildman–Crippen MR) is 159 cm³/mol. The van der Waals surface area contributed by atoms with Crippen LogP contribution in [0.15, 0.2) is 84.9 Å². The maximum Gasteiger partial charge on any atom is 0.220 e. The van der Waals surface area contributed by atoms with Crippen LogP contribution in [0, 0.1) is 11.8 Å². The molecule has 0 aromatic heterocycles. The lowest BCUT2D eigenvalue weighted by Crippen LogP contribution is -2.34. The molecule has 1 fully saturated rings. The summed E-state index contributed by atoms with van der Waals surface area (Å²) in [6.07, 6.45) is 3.94. The van der Waals surface area contributed by atoms with Gasteiger partial charge in [-0.15, -0.1) is 0 Å². The van der Waals surface area contributed by atoms with E-state index in [2.05, 4.69) is 73.8 Å². The molecule has 3 aromatic rings. The molecule has 39 heavy (non-hydrogen) atoms. The van der Waals surface area contributed by atoms with Gasteiger partial charge in [0.1, 0.15) is 5.75 Å². The van der Waals surface area contributed by atoms with Crippen LogP contribution in [0.1, 0.15) is 81.9 Å². The van der Waals surface area contributed by atoms with Gasteiger partial charge in [-0.2, -0.15) is 0 Å². The highest BCUT2D eigenvalue weighted by Crippen LogP contribution is 2.38. The van der Waals surface area contributed by atoms with Crippen LogP contribution in [0.3, 0.4) is 0 Å². The summed E-state index contributed by atoms with van der Waals surface area (Å²) in [6, 6.07) is 29.3. The number of nitrogens with one attached hydrogen (secondary N) is 1. The van der Waals surface area contributed by atoms with Gasteiger partial charge in [-0.25, -0.2) is 0 Å². The maximum absolute atomic E-state index is 13.3. The van der Waals surface area contributed by atoms with Gasteiger partial charge in [0.2, 0.25) is 5.91 Å². The first-order valence-corrected chi connectivity index (χ1v) is 14.7. The normalized spacial score (nSPS) is 19.0. The summed E-state index contributed by atoms with van der Waals surface area (Å²) in [5.41, 5.74) is 3.64. The van der Waals surface area contributed by atoms with Crippen molar-refractivity contribution in [2.24, 2.45) is 11.8 Å². The number of benzene rings is 3. The van der Waals surface area contributed by atoms with Gasteiger partial charge in [0.05, 0.1) is 12.2 Å². The van der Waals surface area contributed by atoms with Crippen LogP contribution < -0.4 is 10.1 Å². The molecule has 0 spiro atoms. The zero-order valence-electron chi connectivity index (χ0n) is 24.0. The van der Waals surface area contributed by atoms with E-state index in [1.54, 1.807) is 0 Å². The number of carbonyl (C=O) groups is 1. The summed E-state index contributed by atoms with van der Waals surface area (Å²) in [5.74, 6) is 2.43. The lowest BCUT2D eigenvalue weighted by Gasteiger charge is -2.37. The topological polar surface area (TPSA) is 47.6 Å². The Morgan fingerprint density at radius 3 is 2.10 bits per heavy atom. The van der Waals surface area contributed by atoms with Crippen molar-refractivity contribution in [3.05, 3.63) is 102 Å². The summed E-state index contributed by atoms with van der Waals surface area (Å²) in [5, 5.41) is 3.27. The van der Waals surface area contributed by atoms with Crippen LogP contribution in [0.4, 0.5) is 0 Å². The Morgan fingerprint density at radius 1 is 0.872 bits per heavy atom. The molecule has 4 nitrogen and oxygen atoms in total. The van der Waals surface area contributed by atoms with Crippen LogP contribution in [0.2, 0.25) is 0 Å². The van der Waals surface area contributed by atoms with Crippen molar-refractivity contribution in [2.45, 2.75) is 77.4 Å². The molecule has 1 saturated heterocycles. The minimum atomic E-state index is -0.00786. The minimum Gasteiger partial charge on any atom is -0.491 e. The second-order valence-corrected chi connectivity index (χ2v) is 11.5. The molecule has 0 bridgehead atoms. The molecule has 4 unspecified atom stereocenters. The summed E-state index contributed by atoms with van der Waals surface area (Å²) >= 11 is 0. The molecular formula is C35H45NO3. The average Bonchev–Trinajstić information content (AvgIpc) is 2.95. The third kappa shape index (κ3) is 8.44. The molecule has 1 aliphatic heterocycles. The Hall–Kier alpha value is -3.11. The SMILES string of the molecule is CC(C)Oc1ccc(C(CC(=O)NCCC(c2ccccc2)C2CCOC(C(C)C)C2)c2ccccc2)cc1. The van der Waals surface area contributed by atoms with Crippen LogP contribution in [0.5, 0.6) is 5.75 Å². The molecule has 0 radical (unpaired) electrons. The highest BCUT2D eigenvalue weighted by Gasteiger charge is 2.31. The fraction of sp³-hybridized carbons (Fsp3) is 0.457. The van der Waals surface area contributed by atoms with E-state index in [0.717, 1.165) is 42.7 Å². The maximum atomic E-state index is 13.3. The average molecular weight is 528 g/mol. The Morgan fingerprint density at radius 2 is 1.49 bits per heavy atom. The second-order valence-electron chi connectivity index (χ2n) is 11.5. The number of rotatable bonds is 12. The second kappa shape index (κ2) is 14.3. The van der Waals surface area contributed by atoms with Crippen LogP contribution >= 0.6 is 0 Å². The molecule has 1 N–H and O–H groups in total. The molecule has 3 aromatic carbocycles. The van der Waals surface area contributed by atoms with Crippen LogP contribution in [0.25, 0.3) is 0 Å². The van der Waals surface area contributed by atoms with Crippen molar-refractivity contribution in [2.75, 3.05) is 13.2 Å². The molecule has 4 atom stereocenters. The number of hydrogen-bond acceptors (Lipinski definition) is 3. The molecule has 208 valence electrons. The molecular weight excluding hydrogens is 482 g/mol. The summed E-state index contributed by atoms with van der Waals surface area (Å²) in [6.45, 7) is 10.0. The zero-order chi connectivity index (χ0) is 27.6. The van der Waals surface area contributed by atoms with Crippen LogP contribution in [-0.2, 0) is 9.53 Å². The van der Waals surface area contributed by atoms with E-state index in [1.165, 1.54) is 5.56 Å².